The smallest absolute Gasteiger partial charge is 0.387 e. The molecule has 4 nitrogen and oxygen atoms in total. The summed E-state index contributed by atoms with van der Waals surface area (Å²) in [6.45, 7) is 0.207. The topological polar surface area (TPSA) is 41.6 Å². The van der Waals surface area contributed by atoms with Crippen molar-refractivity contribution >= 4 is 17.6 Å². The van der Waals surface area contributed by atoms with Crippen molar-refractivity contribution in [3.05, 3.63) is 28.8 Å². The number of carbonyl (C=O) groups excluding carboxylic acids is 1. The number of nitrogens with one attached hydrogen (secondary N) is 1. The van der Waals surface area contributed by atoms with Crippen LogP contribution >= 0.6 is 11.6 Å². The van der Waals surface area contributed by atoms with Crippen LogP contribution in [0.15, 0.2) is 18.2 Å². The van der Waals surface area contributed by atoms with Crippen molar-refractivity contribution in [2.75, 3.05) is 13.1 Å². The summed E-state index contributed by atoms with van der Waals surface area (Å²) < 4.78 is 29.2. The second-order valence-corrected chi connectivity index (χ2v) is 5.01. The third kappa shape index (κ3) is 3.50. The molecule has 20 heavy (non-hydrogen) atoms. The summed E-state index contributed by atoms with van der Waals surface area (Å²) in [5.74, 6) is 0.0146. The molecular weight excluding hydrogens is 290 g/mol. The molecule has 1 N–H and O–H groups in total. The summed E-state index contributed by atoms with van der Waals surface area (Å²) in [5.41, 5.74) is 0.423. The minimum Gasteiger partial charge on any atom is -0.434 e. The number of hydrogen-bond donors (Lipinski definition) is 1. The lowest BCUT2D eigenvalue weighted by Crippen LogP contribution is -2.48. The van der Waals surface area contributed by atoms with Crippen molar-refractivity contribution in [3.63, 3.8) is 0 Å². The Balaban J connectivity index is 2.12. The molecule has 1 heterocycles. The second-order valence-electron chi connectivity index (χ2n) is 4.57. The molecule has 1 aromatic rings. The van der Waals surface area contributed by atoms with Gasteiger partial charge in [-0.15, -0.1) is 0 Å². The molecule has 0 spiro atoms. The van der Waals surface area contributed by atoms with Crippen LogP contribution in [0.25, 0.3) is 0 Å². The number of ether oxygens (including phenoxy) is 1. The molecule has 0 bridgehead atoms. The first kappa shape index (κ1) is 14.8. The van der Waals surface area contributed by atoms with Crippen molar-refractivity contribution in [2.45, 2.75) is 26.0 Å². The number of halogens is 3. The first-order chi connectivity index (χ1) is 9.47. The van der Waals surface area contributed by atoms with Gasteiger partial charge >= 0.3 is 12.6 Å². The molecular formula is C13H15ClF2N2O2. The van der Waals surface area contributed by atoms with E-state index in [0.29, 0.717) is 23.7 Å². The van der Waals surface area contributed by atoms with Crippen LogP contribution in [0.2, 0.25) is 5.02 Å². The van der Waals surface area contributed by atoms with E-state index in [1.165, 1.54) is 18.2 Å². The van der Waals surface area contributed by atoms with Gasteiger partial charge in [-0.25, -0.2) is 4.79 Å². The van der Waals surface area contributed by atoms with Crippen molar-refractivity contribution in [3.8, 4) is 5.75 Å². The number of hydrogen-bond acceptors (Lipinski definition) is 2. The molecule has 0 radical (unpaired) electrons. The van der Waals surface area contributed by atoms with Gasteiger partial charge in [-0.05, 0) is 31.5 Å². The highest BCUT2D eigenvalue weighted by atomic mass is 35.5. The van der Waals surface area contributed by atoms with E-state index >= 15 is 0 Å². The number of benzene rings is 1. The summed E-state index contributed by atoms with van der Waals surface area (Å²) in [6.07, 6.45) is 0.985. The maximum absolute atomic E-state index is 12.4. The number of nitrogens with zero attached hydrogens (tertiary/aromatic N) is 1. The highest BCUT2D eigenvalue weighted by molar-refractivity contribution is 6.30. The van der Waals surface area contributed by atoms with Crippen LogP contribution in [0.4, 0.5) is 13.6 Å². The molecule has 7 heteroatoms. The van der Waals surface area contributed by atoms with Gasteiger partial charge in [0, 0.05) is 23.7 Å². The van der Waals surface area contributed by atoms with Gasteiger partial charge in [-0.1, -0.05) is 11.6 Å². The molecule has 0 aliphatic carbocycles. The van der Waals surface area contributed by atoms with Gasteiger partial charge in [-0.3, -0.25) is 0 Å². The Labute approximate surface area is 120 Å². The molecule has 1 atom stereocenters. The van der Waals surface area contributed by atoms with Gasteiger partial charge in [0.15, 0.2) is 0 Å². The van der Waals surface area contributed by atoms with Crippen LogP contribution in [0.3, 0.4) is 0 Å². The molecule has 0 aromatic heterocycles. The normalized spacial score (nSPS) is 15.8. The second kappa shape index (κ2) is 6.26. The monoisotopic (exact) mass is 304 g/mol. The van der Waals surface area contributed by atoms with Crippen molar-refractivity contribution < 1.29 is 18.3 Å². The zero-order valence-corrected chi connectivity index (χ0v) is 11.7. The SMILES string of the molecule is CC(NC(=O)N1CCC1)c1cc(Cl)ccc1OC(F)F. The van der Waals surface area contributed by atoms with Gasteiger partial charge in [-0.2, -0.15) is 8.78 Å². The lowest BCUT2D eigenvalue weighted by Gasteiger charge is -2.32. The number of rotatable bonds is 4. The van der Waals surface area contributed by atoms with E-state index in [4.69, 9.17) is 11.6 Å². The molecule has 110 valence electrons. The summed E-state index contributed by atoms with van der Waals surface area (Å²) in [7, 11) is 0. The fraction of sp³-hybridized carbons (Fsp3) is 0.462. The predicted octanol–water partition coefficient (Wildman–Crippen LogP) is 3.42. The number of carbonyl (C=O) groups is 1. The van der Waals surface area contributed by atoms with Gasteiger partial charge in [0.25, 0.3) is 0 Å². The van der Waals surface area contributed by atoms with E-state index in [2.05, 4.69) is 10.1 Å². The fourth-order valence-corrected chi connectivity index (χ4v) is 2.12. The van der Waals surface area contributed by atoms with Crippen molar-refractivity contribution in [2.24, 2.45) is 0 Å². The van der Waals surface area contributed by atoms with Gasteiger partial charge in [0.05, 0.1) is 6.04 Å². The van der Waals surface area contributed by atoms with E-state index in [9.17, 15) is 13.6 Å². The van der Waals surface area contributed by atoms with Crippen molar-refractivity contribution in [1.82, 2.24) is 10.2 Å². The molecule has 1 aromatic carbocycles. The van der Waals surface area contributed by atoms with Crippen LogP contribution in [0, 0.1) is 0 Å². The number of urea groups is 1. The van der Waals surface area contributed by atoms with Gasteiger partial charge in [0.1, 0.15) is 5.75 Å². The maximum atomic E-state index is 12.4. The van der Waals surface area contributed by atoms with E-state index in [-0.39, 0.29) is 11.8 Å². The largest absolute Gasteiger partial charge is 0.434 e. The van der Waals surface area contributed by atoms with Crippen molar-refractivity contribution in [1.29, 1.82) is 0 Å². The summed E-state index contributed by atoms with van der Waals surface area (Å²) in [6, 6.07) is 3.66. The zero-order valence-electron chi connectivity index (χ0n) is 10.9. The highest BCUT2D eigenvalue weighted by Gasteiger charge is 2.23. The molecule has 1 fully saturated rings. The Kier molecular flexibility index (Phi) is 4.65. The standard InChI is InChI=1S/C13H15ClF2N2O2/c1-8(17-13(19)18-5-2-6-18)10-7-9(14)3-4-11(10)20-12(15)16/h3-4,7-8,12H,2,5-6H2,1H3,(H,17,19). The quantitative estimate of drug-likeness (QED) is 0.926. The lowest BCUT2D eigenvalue weighted by atomic mass is 10.1. The number of amides is 2. The Morgan fingerprint density at radius 1 is 1.45 bits per heavy atom. The Morgan fingerprint density at radius 2 is 2.15 bits per heavy atom. The van der Waals surface area contributed by atoms with Crippen LogP contribution in [-0.4, -0.2) is 30.6 Å². The summed E-state index contributed by atoms with van der Waals surface area (Å²) in [4.78, 5) is 13.5. The lowest BCUT2D eigenvalue weighted by molar-refractivity contribution is -0.0506. The molecule has 1 unspecified atom stereocenters. The van der Waals surface area contributed by atoms with E-state index in [0.717, 1.165) is 6.42 Å². The molecule has 1 saturated heterocycles. The maximum Gasteiger partial charge on any atom is 0.387 e. The average Bonchev–Trinajstić information content (AvgIpc) is 2.28. The van der Waals surface area contributed by atoms with Gasteiger partial charge in [0.2, 0.25) is 0 Å². The third-order valence-corrected chi connectivity index (χ3v) is 3.37. The minimum absolute atomic E-state index is 0.0146. The third-order valence-electron chi connectivity index (χ3n) is 3.14. The Hall–Kier alpha value is -1.56. The molecule has 1 aliphatic rings. The van der Waals surface area contributed by atoms with Gasteiger partial charge < -0.3 is 15.0 Å². The van der Waals surface area contributed by atoms with Crippen LogP contribution in [0.1, 0.15) is 24.9 Å². The fourth-order valence-electron chi connectivity index (χ4n) is 1.93. The highest BCUT2D eigenvalue weighted by Crippen LogP contribution is 2.29. The van der Waals surface area contributed by atoms with Crippen LogP contribution < -0.4 is 10.1 Å². The molecule has 2 rings (SSSR count). The molecule has 0 saturated carbocycles. The Morgan fingerprint density at radius 3 is 2.70 bits per heavy atom. The predicted molar refractivity (Wildman–Crippen MR) is 71.2 cm³/mol. The molecule has 2 amide bonds. The summed E-state index contributed by atoms with van der Waals surface area (Å²) in [5, 5.41) is 3.14. The number of alkyl halides is 2. The summed E-state index contributed by atoms with van der Waals surface area (Å²) >= 11 is 5.87. The van der Waals surface area contributed by atoms with E-state index in [1.807, 2.05) is 0 Å². The Bertz CT molecular complexity index is 495. The minimum atomic E-state index is -2.92. The van der Waals surface area contributed by atoms with E-state index < -0.39 is 12.7 Å². The molecule has 1 aliphatic heterocycles. The van der Waals surface area contributed by atoms with Crippen LogP contribution in [0.5, 0.6) is 5.75 Å². The first-order valence-electron chi connectivity index (χ1n) is 6.27. The average molecular weight is 305 g/mol. The van der Waals surface area contributed by atoms with Crippen LogP contribution in [-0.2, 0) is 0 Å². The number of likely N-dealkylation sites (tertiary alicyclic amines) is 1. The van der Waals surface area contributed by atoms with E-state index in [1.54, 1.807) is 11.8 Å². The zero-order chi connectivity index (χ0) is 14.7. The first-order valence-corrected chi connectivity index (χ1v) is 6.65.